The van der Waals surface area contributed by atoms with Crippen molar-refractivity contribution in [3.05, 3.63) is 21.9 Å². The third-order valence-corrected chi connectivity index (χ3v) is 3.30. The summed E-state index contributed by atoms with van der Waals surface area (Å²) < 4.78 is 0. The van der Waals surface area contributed by atoms with Crippen LogP contribution in [0.5, 0.6) is 0 Å². The highest BCUT2D eigenvalue weighted by atomic mass is 32.1. The van der Waals surface area contributed by atoms with Gasteiger partial charge in [0, 0.05) is 12.6 Å². The summed E-state index contributed by atoms with van der Waals surface area (Å²) >= 11 is 1.53. The van der Waals surface area contributed by atoms with Crippen LogP contribution in [0.1, 0.15) is 15.2 Å². The number of fused-ring (bicyclic) bond motifs is 1. The Balaban J connectivity index is 2.13. The molecule has 14 heavy (non-hydrogen) atoms. The Bertz CT molecular complexity index is 346. The van der Waals surface area contributed by atoms with Crippen LogP contribution >= 0.6 is 11.3 Å². The maximum Gasteiger partial charge on any atom is 0.261 e. The molecule has 1 aliphatic heterocycles. The predicted molar refractivity (Wildman–Crippen MR) is 57.8 cm³/mol. The van der Waals surface area contributed by atoms with Crippen LogP contribution in [0, 0.1) is 0 Å². The molecule has 0 spiro atoms. The Morgan fingerprint density at radius 3 is 3.14 bits per heavy atom. The summed E-state index contributed by atoms with van der Waals surface area (Å²) in [7, 11) is 4.05. The molecule has 76 valence electrons. The molecule has 1 amide bonds. The van der Waals surface area contributed by atoms with E-state index < -0.39 is 0 Å². The van der Waals surface area contributed by atoms with Crippen LogP contribution in [0.3, 0.4) is 0 Å². The van der Waals surface area contributed by atoms with Gasteiger partial charge in [-0.15, -0.1) is 11.3 Å². The van der Waals surface area contributed by atoms with Crippen LogP contribution in [-0.2, 0) is 6.42 Å². The van der Waals surface area contributed by atoms with Crippen LogP contribution in [0.25, 0.3) is 0 Å². The van der Waals surface area contributed by atoms with E-state index >= 15 is 0 Å². The molecule has 0 bridgehead atoms. The van der Waals surface area contributed by atoms with Gasteiger partial charge in [0.05, 0.1) is 4.88 Å². The smallest absolute Gasteiger partial charge is 0.261 e. The fourth-order valence-corrected chi connectivity index (χ4v) is 2.65. The summed E-state index contributed by atoms with van der Waals surface area (Å²) in [5, 5.41) is 5.01. The number of nitrogens with zero attached hydrogens (tertiary/aromatic N) is 1. The summed E-state index contributed by atoms with van der Waals surface area (Å²) in [6, 6.07) is 2.32. The van der Waals surface area contributed by atoms with Crippen molar-refractivity contribution in [1.82, 2.24) is 10.2 Å². The van der Waals surface area contributed by atoms with Crippen LogP contribution in [0.15, 0.2) is 11.4 Å². The number of hydrogen-bond donors (Lipinski definition) is 1. The second-order valence-corrected chi connectivity index (χ2v) is 4.83. The van der Waals surface area contributed by atoms with E-state index in [1.54, 1.807) is 0 Å². The van der Waals surface area contributed by atoms with Gasteiger partial charge in [-0.1, -0.05) is 0 Å². The van der Waals surface area contributed by atoms with Gasteiger partial charge in [0.25, 0.3) is 5.91 Å². The first kappa shape index (κ1) is 9.68. The molecule has 0 radical (unpaired) electrons. The summed E-state index contributed by atoms with van der Waals surface area (Å²) in [5.41, 5.74) is 1.20. The van der Waals surface area contributed by atoms with E-state index in [0.29, 0.717) is 0 Å². The molecule has 1 aromatic heterocycles. The Hall–Kier alpha value is -0.870. The van der Waals surface area contributed by atoms with Crippen molar-refractivity contribution in [2.45, 2.75) is 12.5 Å². The van der Waals surface area contributed by atoms with E-state index in [0.717, 1.165) is 17.8 Å². The second kappa shape index (κ2) is 3.71. The van der Waals surface area contributed by atoms with Gasteiger partial charge in [-0.05, 0) is 37.5 Å². The van der Waals surface area contributed by atoms with Gasteiger partial charge < -0.3 is 10.2 Å². The normalized spacial score (nSPS) is 20.8. The van der Waals surface area contributed by atoms with Crippen LogP contribution in [-0.4, -0.2) is 37.5 Å². The SMILES string of the molecule is CN(C)CC1Cc2ccsc2C(=O)N1. The highest BCUT2D eigenvalue weighted by Gasteiger charge is 2.25. The number of likely N-dealkylation sites (N-methyl/N-ethyl adjacent to an activating group) is 1. The zero-order valence-electron chi connectivity index (χ0n) is 8.41. The fraction of sp³-hybridized carbons (Fsp3) is 0.500. The Kier molecular flexibility index (Phi) is 2.56. The topological polar surface area (TPSA) is 32.3 Å². The molecule has 0 fully saturated rings. The van der Waals surface area contributed by atoms with Crippen molar-refractivity contribution in [2.75, 3.05) is 20.6 Å². The number of thiophene rings is 1. The summed E-state index contributed by atoms with van der Waals surface area (Å²) in [4.78, 5) is 14.6. The van der Waals surface area contributed by atoms with E-state index in [-0.39, 0.29) is 11.9 Å². The molecule has 1 aromatic rings. The van der Waals surface area contributed by atoms with Crippen molar-refractivity contribution in [1.29, 1.82) is 0 Å². The zero-order chi connectivity index (χ0) is 10.1. The molecule has 0 saturated carbocycles. The molecule has 0 aliphatic carbocycles. The number of hydrogen-bond acceptors (Lipinski definition) is 3. The van der Waals surface area contributed by atoms with Crippen molar-refractivity contribution < 1.29 is 4.79 Å². The molecule has 2 heterocycles. The predicted octanol–water partition coefficient (Wildman–Crippen LogP) is 0.964. The van der Waals surface area contributed by atoms with Gasteiger partial charge in [0.1, 0.15) is 0 Å². The van der Waals surface area contributed by atoms with Gasteiger partial charge in [0.15, 0.2) is 0 Å². The van der Waals surface area contributed by atoms with Gasteiger partial charge in [-0.3, -0.25) is 4.79 Å². The molecule has 1 unspecified atom stereocenters. The molecule has 4 heteroatoms. The molecule has 3 nitrogen and oxygen atoms in total. The monoisotopic (exact) mass is 210 g/mol. The quantitative estimate of drug-likeness (QED) is 0.788. The first-order valence-electron chi connectivity index (χ1n) is 4.69. The summed E-state index contributed by atoms with van der Waals surface area (Å²) in [5.74, 6) is 0.0908. The van der Waals surface area contributed by atoms with E-state index in [1.165, 1.54) is 16.9 Å². The van der Waals surface area contributed by atoms with Gasteiger partial charge in [-0.25, -0.2) is 0 Å². The van der Waals surface area contributed by atoms with E-state index in [4.69, 9.17) is 0 Å². The van der Waals surface area contributed by atoms with E-state index in [9.17, 15) is 4.79 Å². The lowest BCUT2D eigenvalue weighted by molar-refractivity contribution is 0.0922. The minimum absolute atomic E-state index is 0.0908. The average molecular weight is 210 g/mol. The molecule has 1 aliphatic rings. The molecular weight excluding hydrogens is 196 g/mol. The molecule has 1 atom stereocenters. The van der Waals surface area contributed by atoms with Gasteiger partial charge in [0.2, 0.25) is 0 Å². The van der Waals surface area contributed by atoms with E-state index in [1.807, 2.05) is 19.5 Å². The molecular formula is C10H14N2OS. The molecule has 0 saturated heterocycles. The first-order chi connectivity index (χ1) is 6.66. The van der Waals surface area contributed by atoms with Crippen LogP contribution in [0.4, 0.5) is 0 Å². The Morgan fingerprint density at radius 2 is 2.43 bits per heavy atom. The Labute approximate surface area is 87.7 Å². The van der Waals surface area contributed by atoms with Crippen molar-refractivity contribution >= 4 is 17.2 Å². The fourth-order valence-electron chi connectivity index (χ4n) is 1.81. The van der Waals surface area contributed by atoms with Crippen molar-refractivity contribution in [2.24, 2.45) is 0 Å². The van der Waals surface area contributed by atoms with E-state index in [2.05, 4.69) is 16.3 Å². The zero-order valence-corrected chi connectivity index (χ0v) is 9.23. The van der Waals surface area contributed by atoms with Crippen LogP contribution < -0.4 is 5.32 Å². The maximum atomic E-state index is 11.6. The lowest BCUT2D eigenvalue weighted by Gasteiger charge is -2.25. The van der Waals surface area contributed by atoms with Crippen molar-refractivity contribution in [3.63, 3.8) is 0 Å². The second-order valence-electron chi connectivity index (χ2n) is 3.91. The number of nitrogens with one attached hydrogen (secondary N) is 1. The third-order valence-electron chi connectivity index (χ3n) is 2.34. The Morgan fingerprint density at radius 1 is 1.64 bits per heavy atom. The van der Waals surface area contributed by atoms with Crippen LogP contribution in [0.2, 0.25) is 0 Å². The lowest BCUT2D eigenvalue weighted by Crippen LogP contribution is -2.46. The summed E-state index contributed by atoms with van der Waals surface area (Å²) in [6.45, 7) is 0.904. The number of carbonyl (C=O) groups is 1. The average Bonchev–Trinajstić information content (AvgIpc) is 2.50. The molecule has 1 N–H and O–H groups in total. The minimum Gasteiger partial charge on any atom is -0.347 e. The number of amides is 1. The highest BCUT2D eigenvalue weighted by molar-refractivity contribution is 7.12. The highest BCUT2D eigenvalue weighted by Crippen LogP contribution is 2.22. The summed E-state index contributed by atoms with van der Waals surface area (Å²) in [6.07, 6.45) is 0.961. The minimum atomic E-state index is 0.0908. The lowest BCUT2D eigenvalue weighted by atomic mass is 10.0. The number of rotatable bonds is 2. The third kappa shape index (κ3) is 1.81. The first-order valence-corrected chi connectivity index (χ1v) is 5.56. The number of carbonyl (C=O) groups excluding carboxylic acids is 1. The molecule has 0 aromatic carbocycles. The maximum absolute atomic E-state index is 11.6. The molecule has 2 rings (SSSR count). The van der Waals surface area contributed by atoms with Gasteiger partial charge in [-0.2, -0.15) is 0 Å². The largest absolute Gasteiger partial charge is 0.347 e. The van der Waals surface area contributed by atoms with Gasteiger partial charge >= 0.3 is 0 Å². The van der Waals surface area contributed by atoms with Crippen molar-refractivity contribution in [3.8, 4) is 0 Å². The standard InChI is InChI=1S/C10H14N2OS/c1-12(2)6-8-5-7-3-4-14-9(7)10(13)11-8/h3-4,8H,5-6H2,1-2H3,(H,11,13).